The van der Waals surface area contributed by atoms with Crippen LogP contribution < -0.4 is 10.1 Å². The Morgan fingerprint density at radius 1 is 1.42 bits per heavy atom. The molecule has 1 atom stereocenters. The minimum atomic E-state index is -0.974. The van der Waals surface area contributed by atoms with Crippen molar-refractivity contribution in [3.05, 3.63) is 29.3 Å². The van der Waals surface area contributed by atoms with E-state index in [0.717, 1.165) is 6.42 Å². The van der Waals surface area contributed by atoms with E-state index in [1.807, 2.05) is 6.92 Å². The molecule has 0 heterocycles. The minimum Gasteiger partial charge on any atom is -0.481 e. The van der Waals surface area contributed by atoms with E-state index in [9.17, 15) is 9.59 Å². The minimum absolute atomic E-state index is 0.179. The maximum absolute atomic E-state index is 11.6. The highest BCUT2D eigenvalue weighted by Gasteiger charge is 2.15. The summed E-state index contributed by atoms with van der Waals surface area (Å²) in [6, 6.07) is 4.65. The van der Waals surface area contributed by atoms with Crippen LogP contribution in [0.1, 0.15) is 36.2 Å². The van der Waals surface area contributed by atoms with Gasteiger partial charge in [0.25, 0.3) is 5.91 Å². The van der Waals surface area contributed by atoms with E-state index in [2.05, 4.69) is 5.32 Å². The molecule has 1 aromatic rings. The number of carboxylic acids is 1. The molecule has 19 heavy (non-hydrogen) atoms. The standard InChI is InChI=1S/C14H19NO4/c1-4-7-15-13(16)10(3)19-11-5-6-12(14(17)18)9(2)8-11/h5-6,8,10H,4,7H2,1-3H3,(H,15,16)(H,17,18). The second-order valence-corrected chi connectivity index (χ2v) is 4.33. The molecule has 0 saturated carbocycles. The molecule has 2 N–H and O–H groups in total. The number of ether oxygens (including phenoxy) is 1. The molecule has 0 aliphatic heterocycles. The Morgan fingerprint density at radius 3 is 2.63 bits per heavy atom. The first-order valence-corrected chi connectivity index (χ1v) is 6.24. The van der Waals surface area contributed by atoms with Crippen molar-refractivity contribution in [1.82, 2.24) is 5.32 Å². The van der Waals surface area contributed by atoms with Gasteiger partial charge < -0.3 is 15.2 Å². The fourth-order valence-corrected chi connectivity index (χ4v) is 1.60. The summed E-state index contributed by atoms with van der Waals surface area (Å²) in [7, 11) is 0. The lowest BCUT2D eigenvalue weighted by Gasteiger charge is -2.15. The Hall–Kier alpha value is -2.04. The number of amides is 1. The maximum Gasteiger partial charge on any atom is 0.335 e. The van der Waals surface area contributed by atoms with Crippen molar-refractivity contribution in [3.8, 4) is 5.75 Å². The largest absolute Gasteiger partial charge is 0.481 e. The highest BCUT2D eigenvalue weighted by atomic mass is 16.5. The lowest BCUT2D eigenvalue weighted by molar-refractivity contribution is -0.127. The zero-order chi connectivity index (χ0) is 14.4. The van der Waals surface area contributed by atoms with Crippen LogP contribution in [0.5, 0.6) is 5.75 Å². The summed E-state index contributed by atoms with van der Waals surface area (Å²) < 4.78 is 5.48. The number of rotatable bonds is 6. The number of aromatic carboxylic acids is 1. The number of nitrogens with one attached hydrogen (secondary N) is 1. The Bertz CT molecular complexity index is 471. The quantitative estimate of drug-likeness (QED) is 0.824. The summed E-state index contributed by atoms with van der Waals surface area (Å²) in [6.45, 7) is 5.94. The summed E-state index contributed by atoms with van der Waals surface area (Å²) in [5, 5.41) is 11.7. The van der Waals surface area contributed by atoms with E-state index in [-0.39, 0.29) is 11.5 Å². The van der Waals surface area contributed by atoms with Crippen LogP contribution in [0.15, 0.2) is 18.2 Å². The number of hydrogen-bond acceptors (Lipinski definition) is 3. The van der Waals surface area contributed by atoms with Crippen LogP contribution >= 0.6 is 0 Å². The molecular weight excluding hydrogens is 246 g/mol. The molecule has 5 heteroatoms. The molecule has 0 fully saturated rings. The smallest absolute Gasteiger partial charge is 0.335 e. The van der Waals surface area contributed by atoms with Crippen molar-refractivity contribution in [2.75, 3.05) is 6.54 Å². The van der Waals surface area contributed by atoms with Crippen molar-refractivity contribution in [2.45, 2.75) is 33.3 Å². The topological polar surface area (TPSA) is 75.6 Å². The highest BCUT2D eigenvalue weighted by molar-refractivity contribution is 5.89. The average molecular weight is 265 g/mol. The third-order valence-electron chi connectivity index (χ3n) is 2.66. The van der Waals surface area contributed by atoms with Gasteiger partial charge in [-0.2, -0.15) is 0 Å². The van der Waals surface area contributed by atoms with Crippen molar-refractivity contribution < 1.29 is 19.4 Å². The van der Waals surface area contributed by atoms with Crippen LogP contribution in [0, 0.1) is 6.92 Å². The zero-order valence-corrected chi connectivity index (χ0v) is 11.4. The Morgan fingerprint density at radius 2 is 2.11 bits per heavy atom. The number of aryl methyl sites for hydroxylation is 1. The predicted octanol–water partition coefficient (Wildman–Crippen LogP) is 1.99. The van der Waals surface area contributed by atoms with Gasteiger partial charge in [-0.1, -0.05) is 6.92 Å². The molecule has 1 rings (SSSR count). The van der Waals surface area contributed by atoms with Gasteiger partial charge in [-0.3, -0.25) is 4.79 Å². The molecular formula is C14H19NO4. The molecule has 104 valence electrons. The predicted molar refractivity (Wildman–Crippen MR) is 71.5 cm³/mol. The number of benzene rings is 1. The Balaban J connectivity index is 2.69. The molecule has 1 aromatic carbocycles. The van der Waals surface area contributed by atoms with Crippen LogP contribution in [-0.4, -0.2) is 29.6 Å². The van der Waals surface area contributed by atoms with E-state index in [1.54, 1.807) is 26.0 Å². The summed E-state index contributed by atoms with van der Waals surface area (Å²) in [4.78, 5) is 22.5. The number of hydrogen-bond donors (Lipinski definition) is 2. The van der Waals surface area contributed by atoms with Gasteiger partial charge in [0.15, 0.2) is 6.10 Å². The first kappa shape index (κ1) is 15.0. The van der Waals surface area contributed by atoms with Crippen molar-refractivity contribution in [2.24, 2.45) is 0 Å². The molecule has 0 bridgehead atoms. The SMILES string of the molecule is CCCNC(=O)C(C)Oc1ccc(C(=O)O)c(C)c1. The lowest BCUT2D eigenvalue weighted by Crippen LogP contribution is -2.36. The molecule has 0 spiro atoms. The van der Waals surface area contributed by atoms with Gasteiger partial charge >= 0.3 is 5.97 Å². The number of carbonyl (C=O) groups excluding carboxylic acids is 1. The van der Waals surface area contributed by atoms with Gasteiger partial charge in [0.1, 0.15) is 5.75 Å². The fourth-order valence-electron chi connectivity index (χ4n) is 1.60. The summed E-state index contributed by atoms with van der Waals surface area (Å²) >= 11 is 0. The molecule has 0 aliphatic rings. The summed E-state index contributed by atoms with van der Waals surface area (Å²) in [5.74, 6) is -0.666. The molecule has 1 unspecified atom stereocenters. The second-order valence-electron chi connectivity index (χ2n) is 4.33. The van der Waals surface area contributed by atoms with Crippen LogP contribution in [0.3, 0.4) is 0 Å². The third-order valence-corrected chi connectivity index (χ3v) is 2.66. The third kappa shape index (κ3) is 4.28. The molecule has 0 aromatic heterocycles. The van der Waals surface area contributed by atoms with Gasteiger partial charge in [-0.25, -0.2) is 4.79 Å². The van der Waals surface area contributed by atoms with E-state index in [0.29, 0.717) is 17.9 Å². The van der Waals surface area contributed by atoms with Crippen LogP contribution in [-0.2, 0) is 4.79 Å². The highest BCUT2D eigenvalue weighted by Crippen LogP contribution is 2.18. The van der Waals surface area contributed by atoms with Crippen LogP contribution in [0.4, 0.5) is 0 Å². The van der Waals surface area contributed by atoms with E-state index in [1.165, 1.54) is 6.07 Å². The van der Waals surface area contributed by atoms with E-state index in [4.69, 9.17) is 9.84 Å². The summed E-state index contributed by atoms with van der Waals surface area (Å²) in [6.07, 6.45) is 0.256. The van der Waals surface area contributed by atoms with Gasteiger partial charge in [0.2, 0.25) is 0 Å². The van der Waals surface area contributed by atoms with Crippen molar-refractivity contribution in [1.29, 1.82) is 0 Å². The number of carboxylic acid groups (broad SMARTS) is 1. The van der Waals surface area contributed by atoms with Crippen molar-refractivity contribution >= 4 is 11.9 Å². The fraction of sp³-hybridized carbons (Fsp3) is 0.429. The molecule has 0 saturated heterocycles. The second kappa shape index (κ2) is 6.78. The molecule has 5 nitrogen and oxygen atoms in total. The first-order chi connectivity index (χ1) is 8.95. The molecule has 1 amide bonds. The van der Waals surface area contributed by atoms with Crippen molar-refractivity contribution in [3.63, 3.8) is 0 Å². The Kier molecular flexibility index (Phi) is 5.36. The average Bonchev–Trinajstić information content (AvgIpc) is 2.35. The lowest BCUT2D eigenvalue weighted by atomic mass is 10.1. The molecule has 0 radical (unpaired) electrons. The van der Waals surface area contributed by atoms with E-state index >= 15 is 0 Å². The monoisotopic (exact) mass is 265 g/mol. The Labute approximate surface area is 112 Å². The van der Waals surface area contributed by atoms with E-state index < -0.39 is 12.1 Å². The van der Waals surface area contributed by atoms with Gasteiger partial charge in [0.05, 0.1) is 5.56 Å². The van der Waals surface area contributed by atoms with Gasteiger partial charge in [0, 0.05) is 6.54 Å². The van der Waals surface area contributed by atoms with Crippen LogP contribution in [0.2, 0.25) is 0 Å². The van der Waals surface area contributed by atoms with Gasteiger partial charge in [-0.15, -0.1) is 0 Å². The maximum atomic E-state index is 11.6. The van der Waals surface area contributed by atoms with Crippen LogP contribution in [0.25, 0.3) is 0 Å². The normalized spacial score (nSPS) is 11.7. The first-order valence-electron chi connectivity index (χ1n) is 6.24. The van der Waals surface area contributed by atoms with Gasteiger partial charge in [-0.05, 0) is 44.0 Å². The zero-order valence-electron chi connectivity index (χ0n) is 11.4. The molecule has 0 aliphatic carbocycles. The summed E-state index contributed by atoms with van der Waals surface area (Å²) in [5.41, 5.74) is 0.835. The number of carbonyl (C=O) groups is 2.